The van der Waals surface area contributed by atoms with Crippen LogP contribution in [0, 0.1) is 13.8 Å². The Hall–Kier alpha value is -2.92. The molecule has 0 spiro atoms. The van der Waals surface area contributed by atoms with Gasteiger partial charge in [0.05, 0.1) is 17.0 Å². The van der Waals surface area contributed by atoms with Crippen LogP contribution in [0.25, 0.3) is 11.0 Å². The van der Waals surface area contributed by atoms with Crippen LogP contribution >= 0.6 is 0 Å². The summed E-state index contributed by atoms with van der Waals surface area (Å²) in [6.07, 6.45) is 0.439. The van der Waals surface area contributed by atoms with Gasteiger partial charge < -0.3 is 14.4 Å². The second-order valence-corrected chi connectivity index (χ2v) is 7.02. The first-order chi connectivity index (χ1) is 13.0. The molecule has 0 fully saturated rings. The van der Waals surface area contributed by atoms with E-state index in [1.54, 1.807) is 11.0 Å². The van der Waals surface area contributed by atoms with Crippen LogP contribution in [0.3, 0.4) is 0 Å². The number of aryl methyl sites for hydroxylation is 2. The highest BCUT2D eigenvalue weighted by Gasteiger charge is 2.42. The Morgan fingerprint density at radius 1 is 1.11 bits per heavy atom. The second kappa shape index (κ2) is 6.67. The summed E-state index contributed by atoms with van der Waals surface area (Å²) in [6.45, 7) is 4.15. The van der Waals surface area contributed by atoms with E-state index in [4.69, 9.17) is 4.42 Å². The summed E-state index contributed by atoms with van der Waals surface area (Å²) < 4.78 is 5.97. The third-order valence-electron chi connectivity index (χ3n) is 5.08. The Morgan fingerprint density at radius 3 is 2.56 bits per heavy atom. The number of hydrogen-bond donors (Lipinski definition) is 1. The van der Waals surface area contributed by atoms with Gasteiger partial charge in [-0.15, -0.1) is 0 Å². The van der Waals surface area contributed by atoms with Crippen molar-refractivity contribution in [2.45, 2.75) is 26.3 Å². The van der Waals surface area contributed by atoms with E-state index in [0.29, 0.717) is 29.5 Å². The van der Waals surface area contributed by atoms with Crippen LogP contribution in [0.4, 0.5) is 0 Å². The van der Waals surface area contributed by atoms with Crippen LogP contribution in [-0.2, 0) is 0 Å². The molecule has 1 aliphatic heterocycles. The molecule has 5 nitrogen and oxygen atoms in total. The van der Waals surface area contributed by atoms with Crippen LogP contribution in [0.15, 0.2) is 51.7 Å². The summed E-state index contributed by atoms with van der Waals surface area (Å²) in [4.78, 5) is 28.1. The fraction of sp³-hybridized carbons (Fsp3) is 0.273. The van der Waals surface area contributed by atoms with Crippen LogP contribution in [0.5, 0.6) is 0 Å². The summed E-state index contributed by atoms with van der Waals surface area (Å²) in [5, 5.41) is 9.76. The number of aliphatic hydroxyl groups excluding tert-OH is 1. The van der Waals surface area contributed by atoms with Crippen molar-refractivity contribution in [1.82, 2.24) is 4.90 Å². The molecule has 1 aromatic heterocycles. The lowest BCUT2D eigenvalue weighted by Gasteiger charge is -2.24. The lowest BCUT2D eigenvalue weighted by atomic mass is 9.97. The molecule has 138 valence electrons. The standard InChI is InChI=1S/C22H21NO4/c1-13-11-14(2)17-16(12-13)27-21-18(20(17)25)19(15-7-4-3-5-8-15)23(22(21)26)9-6-10-24/h3-5,7-8,11-12,19,24H,6,9-10H2,1-2H3. The molecule has 1 unspecified atom stereocenters. The second-order valence-electron chi connectivity index (χ2n) is 7.02. The number of hydrogen-bond acceptors (Lipinski definition) is 4. The molecule has 1 N–H and O–H groups in total. The fourth-order valence-electron chi connectivity index (χ4n) is 3.97. The van der Waals surface area contributed by atoms with Gasteiger partial charge in [0.2, 0.25) is 5.76 Å². The molecule has 2 aromatic carbocycles. The Bertz CT molecular complexity index is 1080. The Balaban J connectivity index is 2.01. The van der Waals surface area contributed by atoms with Gasteiger partial charge >= 0.3 is 0 Å². The van der Waals surface area contributed by atoms with Crippen molar-refractivity contribution in [1.29, 1.82) is 0 Å². The monoisotopic (exact) mass is 363 g/mol. The number of rotatable bonds is 4. The van der Waals surface area contributed by atoms with Crippen molar-refractivity contribution in [2.24, 2.45) is 0 Å². The number of fused-ring (bicyclic) bond motifs is 2. The molecular weight excluding hydrogens is 342 g/mol. The van der Waals surface area contributed by atoms with E-state index in [-0.39, 0.29) is 23.7 Å². The van der Waals surface area contributed by atoms with Gasteiger partial charge in [-0.05, 0) is 43.0 Å². The first-order valence-corrected chi connectivity index (χ1v) is 9.07. The minimum absolute atomic E-state index is 0.0245. The number of carbonyl (C=O) groups excluding carboxylic acids is 1. The quantitative estimate of drug-likeness (QED) is 0.772. The van der Waals surface area contributed by atoms with Gasteiger partial charge in [0.15, 0.2) is 5.43 Å². The maximum atomic E-state index is 13.4. The van der Waals surface area contributed by atoms with Crippen molar-refractivity contribution in [3.8, 4) is 0 Å². The van der Waals surface area contributed by atoms with Crippen molar-refractivity contribution in [3.63, 3.8) is 0 Å². The lowest BCUT2D eigenvalue weighted by molar-refractivity contribution is 0.0716. The third kappa shape index (κ3) is 2.75. The van der Waals surface area contributed by atoms with E-state index in [1.165, 1.54) is 0 Å². The topological polar surface area (TPSA) is 70.8 Å². The van der Waals surface area contributed by atoms with E-state index in [0.717, 1.165) is 16.7 Å². The predicted octanol–water partition coefficient (Wildman–Crippen LogP) is 3.34. The number of carbonyl (C=O) groups is 1. The maximum absolute atomic E-state index is 13.4. The van der Waals surface area contributed by atoms with Gasteiger partial charge in [-0.25, -0.2) is 0 Å². The van der Waals surface area contributed by atoms with Crippen molar-refractivity contribution < 1.29 is 14.3 Å². The fourth-order valence-corrected chi connectivity index (χ4v) is 3.97. The number of benzene rings is 2. The summed E-state index contributed by atoms with van der Waals surface area (Å²) in [7, 11) is 0. The molecule has 0 saturated heterocycles. The number of amides is 1. The van der Waals surface area contributed by atoms with Gasteiger partial charge in [0, 0.05) is 13.2 Å². The first-order valence-electron chi connectivity index (χ1n) is 9.07. The predicted molar refractivity (Wildman–Crippen MR) is 103 cm³/mol. The average Bonchev–Trinajstić information content (AvgIpc) is 2.92. The van der Waals surface area contributed by atoms with E-state index < -0.39 is 6.04 Å². The van der Waals surface area contributed by atoms with Gasteiger partial charge in [0.1, 0.15) is 5.58 Å². The van der Waals surface area contributed by atoms with Crippen LogP contribution in [-0.4, -0.2) is 29.1 Å². The molecule has 27 heavy (non-hydrogen) atoms. The minimum atomic E-state index is -0.499. The van der Waals surface area contributed by atoms with Gasteiger partial charge in [-0.2, -0.15) is 0 Å². The molecule has 3 aromatic rings. The van der Waals surface area contributed by atoms with Crippen LogP contribution < -0.4 is 5.43 Å². The van der Waals surface area contributed by atoms with Crippen molar-refractivity contribution in [2.75, 3.05) is 13.2 Å². The molecule has 1 amide bonds. The van der Waals surface area contributed by atoms with Gasteiger partial charge in [-0.3, -0.25) is 9.59 Å². The average molecular weight is 363 g/mol. The zero-order valence-electron chi connectivity index (χ0n) is 15.4. The van der Waals surface area contributed by atoms with Crippen molar-refractivity contribution in [3.05, 3.63) is 80.7 Å². The third-order valence-corrected chi connectivity index (χ3v) is 5.08. The molecule has 5 heteroatoms. The smallest absolute Gasteiger partial charge is 0.290 e. The highest BCUT2D eigenvalue weighted by Crippen LogP contribution is 2.38. The zero-order valence-corrected chi connectivity index (χ0v) is 15.4. The van der Waals surface area contributed by atoms with E-state index in [1.807, 2.05) is 50.2 Å². The van der Waals surface area contributed by atoms with Gasteiger partial charge in [0.25, 0.3) is 5.91 Å². The van der Waals surface area contributed by atoms with E-state index in [9.17, 15) is 14.7 Å². The molecule has 0 radical (unpaired) electrons. The molecular formula is C22H21NO4. The minimum Gasteiger partial charge on any atom is -0.450 e. The van der Waals surface area contributed by atoms with E-state index in [2.05, 4.69) is 0 Å². The summed E-state index contributed by atoms with van der Waals surface area (Å²) >= 11 is 0. The Kier molecular flexibility index (Phi) is 4.32. The molecule has 0 bridgehead atoms. The molecule has 1 aliphatic rings. The number of aliphatic hydroxyl groups is 1. The van der Waals surface area contributed by atoms with Gasteiger partial charge in [-0.1, -0.05) is 36.4 Å². The molecule has 2 heterocycles. The van der Waals surface area contributed by atoms with Crippen LogP contribution in [0.2, 0.25) is 0 Å². The lowest BCUT2D eigenvalue weighted by Crippen LogP contribution is -2.31. The normalized spacial score (nSPS) is 16.2. The Labute approximate surface area is 156 Å². The molecule has 0 aliphatic carbocycles. The highest BCUT2D eigenvalue weighted by molar-refractivity contribution is 5.99. The molecule has 4 rings (SSSR count). The van der Waals surface area contributed by atoms with Crippen LogP contribution in [0.1, 0.15) is 45.3 Å². The Morgan fingerprint density at radius 2 is 1.85 bits per heavy atom. The van der Waals surface area contributed by atoms with E-state index >= 15 is 0 Å². The van der Waals surface area contributed by atoms with Crippen molar-refractivity contribution >= 4 is 16.9 Å². The summed E-state index contributed by atoms with van der Waals surface area (Å²) in [5.41, 5.74) is 3.36. The SMILES string of the molecule is Cc1cc(C)c2c(=O)c3c(oc2c1)C(=O)N(CCCO)C3c1ccccc1. The highest BCUT2D eigenvalue weighted by atomic mass is 16.3. The maximum Gasteiger partial charge on any atom is 0.290 e. The first kappa shape index (κ1) is 17.5. The zero-order chi connectivity index (χ0) is 19.1. The molecule has 0 saturated carbocycles. The molecule has 1 atom stereocenters. The summed E-state index contributed by atoms with van der Waals surface area (Å²) in [5.74, 6) is -0.185. The number of nitrogens with zero attached hydrogens (tertiary/aromatic N) is 1. The largest absolute Gasteiger partial charge is 0.450 e. The summed E-state index contributed by atoms with van der Waals surface area (Å²) in [6, 6.07) is 12.7.